The second-order valence-electron chi connectivity index (χ2n) is 5.89. The summed E-state index contributed by atoms with van der Waals surface area (Å²) in [5.41, 5.74) is 0.622. The van der Waals surface area contributed by atoms with E-state index in [1.54, 1.807) is 12.1 Å². The van der Waals surface area contributed by atoms with Gasteiger partial charge in [0.2, 0.25) is 0 Å². The first-order chi connectivity index (χ1) is 10.2. The zero-order chi connectivity index (χ0) is 14.7. The Morgan fingerprint density at radius 1 is 1.27 bits per heavy atom. The number of ether oxygens (including phenoxy) is 1. The van der Waals surface area contributed by atoms with Crippen LogP contribution in [-0.4, -0.2) is 42.9 Å². The highest BCUT2D eigenvalue weighted by Gasteiger charge is 2.25. The third-order valence-electron chi connectivity index (χ3n) is 4.30. The summed E-state index contributed by atoms with van der Waals surface area (Å²) in [6.45, 7) is 1.84. The zero-order valence-corrected chi connectivity index (χ0v) is 13.3. The van der Waals surface area contributed by atoms with E-state index < -0.39 is 0 Å². The van der Waals surface area contributed by atoms with Crippen LogP contribution < -0.4 is 15.4 Å². The van der Waals surface area contributed by atoms with E-state index in [-0.39, 0.29) is 30.3 Å². The summed E-state index contributed by atoms with van der Waals surface area (Å²) < 4.78 is 5.77. The van der Waals surface area contributed by atoms with Crippen molar-refractivity contribution in [2.75, 3.05) is 19.6 Å². The van der Waals surface area contributed by atoms with E-state index in [4.69, 9.17) is 4.74 Å². The first kappa shape index (κ1) is 17.1. The van der Waals surface area contributed by atoms with Crippen LogP contribution in [0.1, 0.15) is 29.6 Å². The number of carbonyl (C=O) groups excluding carboxylic acids is 1. The third kappa shape index (κ3) is 4.12. The normalized spacial score (nSPS) is 24.2. The van der Waals surface area contributed by atoms with Gasteiger partial charge in [0.05, 0.1) is 12.2 Å². The number of hydrogen-bond acceptors (Lipinski definition) is 4. The number of rotatable bonds is 5. The van der Waals surface area contributed by atoms with Crippen molar-refractivity contribution in [3.63, 3.8) is 0 Å². The second kappa shape index (κ2) is 7.81. The van der Waals surface area contributed by atoms with Crippen molar-refractivity contribution in [1.82, 2.24) is 10.6 Å². The molecule has 1 aliphatic heterocycles. The molecule has 2 aliphatic rings. The predicted octanol–water partition coefficient (Wildman–Crippen LogP) is 1.35. The second-order valence-corrected chi connectivity index (χ2v) is 5.89. The Balaban J connectivity index is 0.00000176. The minimum Gasteiger partial charge on any atom is -0.490 e. The molecule has 22 heavy (non-hydrogen) atoms. The highest BCUT2D eigenvalue weighted by atomic mass is 35.5. The van der Waals surface area contributed by atoms with E-state index in [1.165, 1.54) is 6.42 Å². The largest absolute Gasteiger partial charge is 0.490 e. The lowest BCUT2D eigenvalue weighted by atomic mass is 9.96. The Bertz CT molecular complexity index is 491. The third-order valence-corrected chi connectivity index (χ3v) is 4.30. The number of aliphatic hydroxyl groups excluding tert-OH is 1. The van der Waals surface area contributed by atoms with Crippen molar-refractivity contribution in [2.24, 2.45) is 5.92 Å². The summed E-state index contributed by atoms with van der Waals surface area (Å²) in [5.74, 6) is 0.811. The van der Waals surface area contributed by atoms with Gasteiger partial charge in [-0.25, -0.2) is 0 Å². The number of nitrogens with one attached hydrogen (secondary N) is 2. The van der Waals surface area contributed by atoms with Crippen LogP contribution in [0.2, 0.25) is 0 Å². The van der Waals surface area contributed by atoms with Crippen molar-refractivity contribution in [1.29, 1.82) is 0 Å². The van der Waals surface area contributed by atoms with E-state index in [1.807, 2.05) is 12.1 Å². The number of amides is 1. The summed E-state index contributed by atoms with van der Waals surface area (Å²) in [6.07, 6.45) is 3.47. The van der Waals surface area contributed by atoms with Crippen LogP contribution in [0.3, 0.4) is 0 Å². The van der Waals surface area contributed by atoms with Gasteiger partial charge in [-0.05, 0) is 43.5 Å². The lowest BCUT2D eigenvalue weighted by Crippen LogP contribution is -2.34. The number of aliphatic hydroxyl groups is 1. The molecule has 1 saturated heterocycles. The maximum Gasteiger partial charge on any atom is 0.251 e. The van der Waals surface area contributed by atoms with E-state index in [0.29, 0.717) is 24.8 Å². The standard InChI is InChI=1S/C16H22N2O3.ClH/c19-15-10-17-8-12(15)9-18-16(20)11-4-6-14(7-5-11)21-13-2-1-3-13;/h4-7,12-13,15,17,19H,1-3,8-10H2,(H,18,20);1H. The van der Waals surface area contributed by atoms with Gasteiger partial charge in [-0.1, -0.05) is 0 Å². The average molecular weight is 327 g/mol. The molecule has 1 saturated carbocycles. The molecule has 1 aromatic carbocycles. The molecule has 0 bridgehead atoms. The maximum atomic E-state index is 12.1. The topological polar surface area (TPSA) is 70.6 Å². The number of carbonyl (C=O) groups is 1. The van der Waals surface area contributed by atoms with Crippen molar-refractivity contribution in [3.05, 3.63) is 29.8 Å². The highest BCUT2D eigenvalue weighted by molar-refractivity contribution is 5.94. The molecule has 2 unspecified atom stereocenters. The molecule has 6 heteroatoms. The molecule has 1 aromatic rings. The molecule has 1 amide bonds. The van der Waals surface area contributed by atoms with Gasteiger partial charge in [0.25, 0.3) is 5.91 Å². The summed E-state index contributed by atoms with van der Waals surface area (Å²) in [5, 5.41) is 15.7. The molecule has 1 aliphatic carbocycles. The molecule has 2 fully saturated rings. The zero-order valence-electron chi connectivity index (χ0n) is 12.5. The van der Waals surface area contributed by atoms with Crippen LogP contribution in [0.25, 0.3) is 0 Å². The fraction of sp³-hybridized carbons (Fsp3) is 0.562. The van der Waals surface area contributed by atoms with E-state index in [9.17, 15) is 9.90 Å². The molecule has 1 heterocycles. The monoisotopic (exact) mass is 326 g/mol. The van der Waals surface area contributed by atoms with Crippen LogP contribution in [0.5, 0.6) is 5.75 Å². The smallest absolute Gasteiger partial charge is 0.251 e. The first-order valence-electron chi connectivity index (χ1n) is 7.66. The molecule has 122 valence electrons. The minimum absolute atomic E-state index is 0. The van der Waals surface area contributed by atoms with E-state index >= 15 is 0 Å². The first-order valence-corrected chi connectivity index (χ1v) is 7.66. The fourth-order valence-corrected chi connectivity index (χ4v) is 2.62. The number of halogens is 1. The van der Waals surface area contributed by atoms with Crippen molar-refractivity contribution >= 4 is 18.3 Å². The van der Waals surface area contributed by atoms with Crippen molar-refractivity contribution in [3.8, 4) is 5.75 Å². The van der Waals surface area contributed by atoms with Gasteiger partial charge in [0.1, 0.15) is 5.75 Å². The van der Waals surface area contributed by atoms with Gasteiger partial charge in [0, 0.05) is 31.1 Å². The maximum absolute atomic E-state index is 12.1. The predicted molar refractivity (Wildman–Crippen MR) is 86.7 cm³/mol. The van der Waals surface area contributed by atoms with Crippen LogP contribution >= 0.6 is 12.4 Å². The molecular formula is C16H23ClN2O3. The molecule has 5 nitrogen and oxygen atoms in total. The van der Waals surface area contributed by atoms with Gasteiger partial charge >= 0.3 is 0 Å². The lowest BCUT2D eigenvalue weighted by molar-refractivity contribution is 0.0927. The van der Waals surface area contributed by atoms with Gasteiger partial charge in [-0.3, -0.25) is 4.79 Å². The number of hydrogen-bond donors (Lipinski definition) is 3. The van der Waals surface area contributed by atoms with Crippen LogP contribution in [0.15, 0.2) is 24.3 Å². The van der Waals surface area contributed by atoms with Crippen LogP contribution in [-0.2, 0) is 0 Å². The van der Waals surface area contributed by atoms with Gasteiger partial charge < -0.3 is 20.5 Å². The lowest BCUT2D eigenvalue weighted by Gasteiger charge is -2.26. The molecular weight excluding hydrogens is 304 g/mol. The number of β-amino-alcohol motifs (C(OH)–C–C–N with tert-alkyl or cyclic N) is 1. The Hall–Kier alpha value is -1.30. The van der Waals surface area contributed by atoms with Crippen LogP contribution in [0, 0.1) is 5.92 Å². The van der Waals surface area contributed by atoms with Gasteiger partial charge in [0.15, 0.2) is 0 Å². The SMILES string of the molecule is Cl.O=C(NCC1CNCC1O)c1ccc(OC2CCC2)cc1. The summed E-state index contributed by atoms with van der Waals surface area (Å²) in [7, 11) is 0. The Labute approximate surface area is 136 Å². The molecule has 0 spiro atoms. The Morgan fingerprint density at radius 3 is 2.55 bits per heavy atom. The molecule has 0 radical (unpaired) electrons. The van der Waals surface area contributed by atoms with Crippen molar-refractivity contribution < 1.29 is 14.6 Å². The van der Waals surface area contributed by atoms with E-state index in [0.717, 1.165) is 25.1 Å². The Morgan fingerprint density at radius 2 is 2.00 bits per heavy atom. The quantitative estimate of drug-likeness (QED) is 0.764. The highest BCUT2D eigenvalue weighted by Crippen LogP contribution is 2.25. The fourth-order valence-electron chi connectivity index (χ4n) is 2.62. The average Bonchev–Trinajstić information content (AvgIpc) is 2.86. The summed E-state index contributed by atoms with van der Waals surface area (Å²) in [4.78, 5) is 12.1. The Kier molecular flexibility index (Phi) is 6.06. The van der Waals surface area contributed by atoms with Gasteiger partial charge in [-0.15, -0.1) is 12.4 Å². The molecule has 3 rings (SSSR count). The van der Waals surface area contributed by atoms with Gasteiger partial charge in [-0.2, -0.15) is 0 Å². The molecule has 2 atom stereocenters. The van der Waals surface area contributed by atoms with E-state index in [2.05, 4.69) is 10.6 Å². The summed E-state index contributed by atoms with van der Waals surface area (Å²) >= 11 is 0. The summed E-state index contributed by atoms with van der Waals surface area (Å²) in [6, 6.07) is 7.26. The van der Waals surface area contributed by atoms with Crippen LogP contribution in [0.4, 0.5) is 0 Å². The number of benzene rings is 1. The molecule has 0 aromatic heterocycles. The molecule has 3 N–H and O–H groups in total. The van der Waals surface area contributed by atoms with Crippen molar-refractivity contribution in [2.45, 2.75) is 31.5 Å². The minimum atomic E-state index is -0.372.